The zero-order valence-corrected chi connectivity index (χ0v) is 21.4. The van der Waals surface area contributed by atoms with Crippen LogP contribution in [0.15, 0.2) is 12.4 Å². The molecule has 0 radical (unpaired) electrons. The van der Waals surface area contributed by atoms with Crippen LogP contribution in [0.4, 0.5) is 11.8 Å². The highest BCUT2D eigenvalue weighted by molar-refractivity contribution is 5.43. The first kappa shape index (κ1) is 25.8. The van der Waals surface area contributed by atoms with Gasteiger partial charge in [-0.3, -0.25) is 4.68 Å². The van der Waals surface area contributed by atoms with E-state index < -0.39 is 0 Å². The summed E-state index contributed by atoms with van der Waals surface area (Å²) in [6.45, 7) is 8.66. The first-order valence-electron chi connectivity index (χ1n) is 13.6. The van der Waals surface area contributed by atoms with Crippen molar-refractivity contribution >= 4 is 11.8 Å². The van der Waals surface area contributed by atoms with E-state index in [4.69, 9.17) is 0 Å². The number of anilines is 2. The van der Waals surface area contributed by atoms with Crippen molar-refractivity contribution in [3.05, 3.63) is 23.9 Å². The molecule has 10 nitrogen and oxygen atoms in total. The number of nitrogens with zero attached hydrogens (tertiary/aromatic N) is 5. The molecule has 0 spiro atoms. The van der Waals surface area contributed by atoms with Gasteiger partial charge in [0.1, 0.15) is 12.1 Å². The van der Waals surface area contributed by atoms with Crippen LogP contribution in [-0.2, 0) is 13.1 Å². The van der Waals surface area contributed by atoms with Crippen molar-refractivity contribution in [3.63, 3.8) is 0 Å². The molecule has 2 aromatic heterocycles. The van der Waals surface area contributed by atoms with Crippen LogP contribution in [-0.4, -0.2) is 69.5 Å². The van der Waals surface area contributed by atoms with Gasteiger partial charge in [0.15, 0.2) is 5.82 Å². The zero-order chi connectivity index (χ0) is 24.1. The maximum absolute atomic E-state index is 4.64. The van der Waals surface area contributed by atoms with Crippen LogP contribution in [0.2, 0.25) is 0 Å². The van der Waals surface area contributed by atoms with Crippen molar-refractivity contribution in [1.82, 2.24) is 40.7 Å². The molecular weight excluding hydrogens is 440 g/mol. The van der Waals surface area contributed by atoms with E-state index in [0.717, 1.165) is 81.9 Å². The van der Waals surface area contributed by atoms with Gasteiger partial charge < -0.3 is 26.6 Å². The van der Waals surface area contributed by atoms with Gasteiger partial charge in [-0.2, -0.15) is 10.1 Å². The van der Waals surface area contributed by atoms with Gasteiger partial charge in [-0.25, -0.2) is 9.97 Å². The normalized spacial score (nSPS) is 17.5. The summed E-state index contributed by atoms with van der Waals surface area (Å²) in [6, 6.07) is 3.22. The first-order chi connectivity index (χ1) is 17.2. The Labute approximate surface area is 209 Å². The standard InChI is InChI=1S/C25H44N10/c1-20-17-23(32-22-9-14-27-15-10-22)33-25(31-20)29-18-24-30-19-35(34-24)16-6-12-26-11-5-13-28-21-7-3-2-4-8-21/h17,19,21-22,26-28H,2-16,18H2,1H3,(H2,29,31,32,33). The molecule has 4 rings (SSSR count). The molecule has 0 unspecified atom stereocenters. The van der Waals surface area contributed by atoms with Crippen molar-refractivity contribution in [2.45, 2.75) is 89.9 Å². The largest absolute Gasteiger partial charge is 0.367 e. The molecular formula is C25H44N10. The molecule has 0 atom stereocenters. The molecule has 2 aromatic rings. The highest BCUT2D eigenvalue weighted by Crippen LogP contribution is 2.17. The van der Waals surface area contributed by atoms with E-state index in [0.29, 0.717) is 18.5 Å². The smallest absolute Gasteiger partial charge is 0.225 e. The second kappa shape index (κ2) is 14.3. The van der Waals surface area contributed by atoms with Gasteiger partial charge in [-0.05, 0) is 78.2 Å². The van der Waals surface area contributed by atoms with Crippen LogP contribution in [0.5, 0.6) is 0 Å². The van der Waals surface area contributed by atoms with Crippen LogP contribution in [0.3, 0.4) is 0 Å². The highest BCUT2D eigenvalue weighted by Gasteiger charge is 2.14. The molecule has 35 heavy (non-hydrogen) atoms. The van der Waals surface area contributed by atoms with Crippen molar-refractivity contribution in [3.8, 4) is 0 Å². The molecule has 5 N–H and O–H groups in total. The number of nitrogens with one attached hydrogen (secondary N) is 5. The molecule has 1 saturated heterocycles. The average Bonchev–Trinajstić information content (AvgIpc) is 3.33. The van der Waals surface area contributed by atoms with Gasteiger partial charge in [0.05, 0.1) is 6.54 Å². The van der Waals surface area contributed by atoms with E-state index in [-0.39, 0.29) is 0 Å². The minimum absolute atomic E-state index is 0.462. The average molecular weight is 485 g/mol. The quantitative estimate of drug-likeness (QED) is 0.258. The number of aromatic nitrogens is 5. The third kappa shape index (κ3) is 9.35. The summed E-state index contributed by atoms with van der Waals surface area (Å²) in [6.07, 6.45) is 13.2. The van der Waals surface area contributed by atoms with Gasteiger partial charge in [-0.15, -0.1) is 0 Å². The van der Waals surface area contributed by atoms with Crippen LogP contribution in [0, 0.1) is 6.92 Å². The van der Waals surface area contributed by atoms with Gasteiger partial charge in [-0.1, -0.05) is 19.3 Å². The lowest BCUT2D eigenvalue weighted by molar-refractivity contribution is 0.371. The van der Waals surface area contributed by atoms with Gasteiger partial charge in [0, 0.05) is 30.4 Å². The number of hydrogen-bond acceptors (Lipinski definition) is 9. The minimum atomic E-state index is 0.462. The first-order valence-corrected chi connectivity index (χ1v) is 13.6. The maximum Gasteiger partial charge on any atom is 0.225 e. The van der Waals surface area contributed by atoms with Crippen LogP contribution in [0.25, 0.3) is 0 Å². The third-order valence-electron chi connectivity index (χ3n) is 6.84. The summed E-state index contributed by atoms with van der Waals surface area (Å²) in [5, 5.41) is 22.1. The molecule has 1 saturated carbocycles. The predicted octanol–water partition coefficient (Wildman–Crippen LogP) is 2.44. The van der Waals surface area contributed by atoms with E-state index in [9.17, 15) is 0 Å². The Kier molecular flexibility index (Phi) is 10.5. The van der Waals surface area contributed by atoms with Gasteiger partial charge in [0.2, 0.25) is 5.95 Å². The van der Waals surface area contributed by atoms with E-state index in [1.54, 1.807) is 0 Å². The second-order valence-electron chi connectivity index (χ2n) is 9.91. The molecule has 194 valence electrons. The van der Waals surface area contributed by atoms with Crippen LogP contribution in [0.1, 0.15) is 69.3 Å². The van der Waals surface area contributed by atoms with Crippen molar-refractivity contribution in [2.75, 3.05) is 43.4 Å². The van der Waals surface area contributed by atoms with Crippen LogP contribution < -0.4 is 26.6 Å². The SMILES string of the molecule is Cc1cc(NC2CCNCC2)nc(NCc2ncn(CCCNCCCNC3CCCCC3)n2)n1. The molecule has 0 bridgehead atoms. The Hall–Kier alpha value is -2.30. The Morgan fingerprint density at radius 1 is 0.971 bits per heavy atom. The minimum Gasteiger partial charge on any atom is -0.367 e. The van der Waals surface area contributed by atoms with Gasteiger partial charge >= 0.3 is 0 Å². The molecule has 10 heteroatoms. The third-order valence-corrected chi connectivity index (χ3v) is 6.84. The molecule has 3 heterocycles. The molecule has 1 aliphatic carbocycles. The maximum atomic E-state index is 4.64. The Morgan fingerprint density at radius 3 is 2.66 bits per heavy atom. The Balaban J connectivity index is 1.09. The number of aryl methyl sites for hydroxylation is 2. The fourth-order valence-corrected chi connectivity index (χ4v) is 4.89. The zero-order valence-electron chi connectivity index (χ0n) is 21.4. The molecule has 2 fully saturated rings. The number of hydrogen-bond donors (Lipinski definition) is 5. The summed E-state index contributed by atoms with van der Waals surface area (Å²) in [7, 11) is 0. The predicted molar refractivity (Wildman–Crippen MR) is 141 cm³/mol. The second-order valence-corrected chi connectivity index (χ2v) is 9.91. The fourth-order valence-electron chi connectivity index (χ4n) is 4.89. The monoisotopic (exact) mass is 484 g/mol. The Morgan fingerprint density at radius 2 is 1.80 bits per heavy atom. The summed E-state index contributed by atoms with van der Waals surface area (Å²) in [5.74, 6) is 2.24. The summed E-state index contributed by atoms with van der Waals surface area (Å²) >= 11 is 0. The molecule has 0 aromatic carbocycles. The summed E-state index contributed by atoms with van der Waals surface area (Å²) < 4.78 is 1.92. The summed E-state index contributed by atoms with van der Waals surface area (Å²) in [5.41, 5.74) is 0.940. The lowest BCUT2D eigenvalue weighted by Gasteiger charge is -2.24. The van der Waals surface area contributed by atoms with Gasteiger partial charge in [0.25, 0.3) is 0 Å². The van der Waals surface area contributed by atoms with E-state index in [2.05, 4.69) is 46.6 Å². The number of rotatable bonds is 14. The number of piperidine rings is 1. The molecule has 0 amide bonds. The van der Waals surface area contributed by atoms with E-state index in [1.165, 1.54) is 38.5 Å². The van der Waals surface area contributed by atoms with E-state index in [1.807, 2.05) is 24.0 Å². The molecule has 2 aliphatic rings. The fraction of sp³-hybridized carbons (Fsp3) is 0.760. The van der Waals surface area contributed by atoms with E-state index >= 15 is 0 Å². The Bertz CT molecular complexity index is 858. The lowest BCUT2D eigenvalue weighted by atomic mass is 9.95. The topological polar surface area (TPSA) is 117 Å². The summed E-state index contributed by atoms with van der Waals surface area (Å²) in [4.78, 5) is 13.6. The van der Waals surface area contributed by atoms with Crippen molar-refractivity contribution < 1.29 is 0 Å². The van der Waals surface area contributed by atoms with Crippen molar-refractivity contribution in [1.29, 1.82) is 0 Å². The molecule has 1 aliphatic heterocycles. The van der Waals surface area contributed by atoms with Crippen molar-refractivity contribution in [2.24, 2.45) is 0 Å². The lowest BCUT2D eigenvalue weighted by Crippen LogP contribution is -2.35. The van der Waals surface area contributed by atoms with Crippen LogP contribution >= 0.6 is 0 Å². The highest BCUT2D eigenvalue weighted by atomic mass is 15.3.